The second-order valence-electron chi connectivity index (χ2n) is 19.4. The summed E-state index contributed by atoms with van der Waals surface area (Å²) < 4.78 is 81.8. The van der Waals surface area contributed by atoms with E-state index in [1.54, 1.807) is 0 Å². The zero-order valence-corrected chi connectivity index (χ0v) is 46.0. The molecule has 32 nitrogen and oxygen atoms in total. The van der Waals surface area contributed by atoms with E-state index >= 15 is 0 Å². The summed E-state index contributed by atoms with van der Waals surface area (Å²) in [5.74, 6) is -9.58. The lowest BCUT2D eigenvalue weighted by Crippen LogP contribution is -2.60. The smallest absolute Gasteiger partial charge is 0.337 e. The summed E-state index contributed by atoms with van der Waals surface area (Å²) in [4.78, 5) is 79.1. The summed E-state index contributed by atoms with van der Waals surface area (Å²) in [7, 11) is 4.22. The highest BCUT2D eigenvalue weighted by molar-refractivity contribution is 5.92. The molecule has 0 aromatic heterocycles. The third-order valence-corrected chi connectivity index (χ3v) is 14.5. The quantitative estimate of drug-likeness (QED) is 0.0291. The molecule has 0 unspecified atom stereocenters. The number of esters is 6. The Labute approximate surface area is 478 Å². The van der Waals surface area contributed by atoms with Crippen molar-refractivity contribution in [1.29, 1.82) is 0 Å². The third-order valence-electron chi connectivity index (χ3n) is 14.5. The molecule has 0 spiro atoms. The Balaban J connectivity index is 1.15. The average Bonchev–Trinajstić information content (AvgIpc) is 2.54. The normalized spacial score (nSPS) is 37.5. The van der Waals surface area contributed by atoms with E-state index in [9.17, 15) is 84.9 Å². The highest BCUT2D eigenvalue weighted by Crippen LogP contribution is 2.40. The van der Waals surface area contributed by atoms with Crippen molar-refractivity contribution in [2.24, 2.45) is 17.8 Å². The Morgan fingerprint density at radius 1 is 0.440 bits per heavy atom. The number of methoxy groups -OCH3 is 4. The lowest BCUT2D eigenvalue weighted by atomic mass is 9.86. The number of hydrogen-bond acceptors (Lipinski definition) is 32. The maximum absolute atomic E-state index is 13.8. The predicted octanol–water partition coefficient (Wildman–Crippen LogP) is -5.22. The number of carbonyl (C=O) groups excluding carboxylic acids is 6. The van der Waals surface area contributed by atoms with Crippen molar-refractivity contribution in [1.82, 2.24) is 0 Å². The van der Waals surface area contributed by atoms with Gasteiger partial charge in [0.15, 0.2) is 18.9 Å². The molecule has 84 heavy (non-hydrogen) atoms. The molecule has 21 atom stereocenters. The molecule has 0 amide bonds. The van der Waals surface area contributed by atoms with E-state index in [0.717, 1.165) is 47.2 Å². The zero-order valence-electron chi connectivity index (χ0n) is 46.0. The molecule has 0 aliphatic carbocycles. The fourth-order valence-electron chi connectivity index (χ4n) is 9.77. The fraction of sp³-hybridized carbons (Fsp3) is 0.654. The van der Waals surface area contributed by atoms with Gasteiger partial charge in [-0.2, -0.15) is 0 Å². The Morgan fingerprint density at radius 3 is 1.13 bits per heavy atom. The third kappa shape index (κ3) is 15.1. The molecule has 470 valence electrons. The SMILES string of the molecule is C/C=C1\[C@H](O[C@@H]2O[C@H](CO)[C@@H](O)[C@H](O)[C@H]2O)OC=C(C(=O)OC)[C@H]1CC(=O)OC[C@H]1O[C@@H](O[C@@H]2OC=C(C(=O)OC)[C@@H](CC(=O)OC/C=C3\[C@H](O[C@@H]4O[C@H](CO)[C@@H](O)[C@H](O)[C@H]4O)OC=C(C(=O)OC)[C@H]3CC(=O)OC)/C2=C/C)[C@H](O)[C@@H](O)[C@@H]1O. The molecule has 3 saturated heterocycles. The molecular weight excluding hydrogens is 1140 g/mol. The highest BCUT2D eigenvalue weighted by Gasteiger charge is 2.51. The van der Waals surface area contributed by atoms with Gasteiger partial charge in [-0.05, 0) is 19.9 Å². The summed E-state index contributed by atoms with van der Waals surface area (Å²) in [5.41, 5.74) is -0.690. The van der Waals surface area contributed by atoms with Crippen LogP contribution in [0.3, 0.4) is 0 Å². The monoisotopic (exact) mass is 1210 g/mol. The van der Waals surface area contributed by atoms with Crippen LogP contribution in [-0.4, -0.2) is 258 Å². The van der Waals surface area contributed by atoms with Gasteiger partial charge in [0.25, 0.3) is 0 Å². The number of hydrogen-bond donors (Lipinski definition) is 11. The topological polar surface area (TPSA) is 463 Å². The van der Waals surface area contributed by atoms with Gasteiger partial charge in [-0.15, -0.1) is 0 Å². The molecule has 0 bridgehead atoms. The van der Waals surface area contributed by atoms with Crippen LogP contribution in [0.15, 0.2) is 70.5 Å². The van der Waals surface area contributed by atoms with Gasteiger partial charge >= 0.3 is 35.8 Å². The first-order valence-electron chi connectivity index (χ1n) is 26.0. The number of aliphatic hydroxyl groups is 11. The molecular formula is C52H70O32. The van der Waals surface area contributed by atoms with Crippen molar-refractivity contribution in [2.45, 2.75) is 144 Å². The van der Waals surface area contributed by atoms with Crippen LogP contribution in [0.25, 0.3) is 0 Å². The molecule has 0 saturated carbocycles. The number of aliphatic hydroxyl groups excluding tert-OH is 11. The van der Waals surface area contributed by atoms with Crippen molar-refractivity contribution in [3.8, 4) is 0 Å². The van der Waals surface area contributed by atoms with E-state index in [0.29, 0.717) is 0 Å². The van der Waals surface area contributed by atoms with Gasteiger partial charge in [-0.3, -0.25) is 14.4 Å². The van der Waals surface area contributed by atoms with E-state index in [-0.39, 0.29) is 33.4 Å². The van der Waals surface area contributed by atoms with Crippen molar-refractivity contribution in [2.75, 3.05) is 54.9 Å². The second kappa shape index (κ2) is 30.4. The fourth-order valence-corrected chi connectivity index (χ4v) is 9.77. The maximum atomic E-state index is 13.8. The van der Waals surface area contributed by atoms with Gasteiger partial charge in [0.2, 0.25) is 18.9 Å². The van der Waals surface area contributed by atoms with E-state index in [1.807, 2.05) is 0 Å². The lowest BCUT2D eigenvalue weighted by molar-refractivity contribution is -0.328. The van der Waals surface area contributed by atoms with E-state index < -0.39 is 210 Å². The standard InChI is InChI=1S/C52H70O32/c1-7-20-23(12-33(56)74-10-9-22-25(11-32(55)70-3)28(46(69)73-6)18-78-49(22)84-51-42(65)39(62)36(59)30(15-54)80-51)26(44(67)71-4)16-77-48(20)83-52-43(66)40(63)37(60)31(81-52)19-75-34(57)13-24-21(8-2)47(76-17-27(24)45(68)72-5)82-50-41(64)38(61)35(58)29(14-53)79-50/h7-9,16-18,23-25,29-31,35-43,47-54,58-66H,10-15,19H2,1-6H3/b20-7-,21-8-,22-9-/t23-,24-,25-,29+,30+,31+,35+,36+,37+,38-,39-,40-,41+,42+,43+,47-,48-,49-,50-,51-,52-/m0/s1. The first kappa shape index (κ1) is 67.1. The Kier molecular flexibility index (Phi) is 24.3. The summed E-state index contributed by atoms with van der Waals surface area (Å²) in [6.07, 6.45) is -26.8. The number of rotatable bonds is 21. The predicted molar refractivity (Wildman–Crippen MR) is 266 cm³/mol. The number of carbonyl (C=O) groups is 6. The van der Waals surface area contributed by atoms with Crippen LogP contribution in [0.1, 0.15) is 33.1 Å². The average molecular weight is 1210 g/mol. The molecule has 6 heterocycles. The summed E-state index contributed by atoms with van der Waals surface area (Å²) in [5, 5.41) is 115. The molecule has 0 aromatic carbocycles. The van der Waals surface area contributed by atoms with Crippen LogP contribution in [0.2, 0.25) is 0 Å². The van der Waals surface area contributed by atoms with Gasteiger partial charge in [-0.1, -0.05) is 12.2 Å². The van der Waals surface area contributed by atoms with Gasteiger partial charge in [0, 0.05) is 34.5 Å². The molecule has 0 radical (unpaired) electrons. The Hall–Kier alpha value is -6.02. The molecule has 11 N–H and O–H groups in total. The van der Waals surface area contributed by atoms with Crippen molar-refractivity contribution in [3.05, 3.63) is 70.5 Å². The largest absolute Gasteiger partial charge is 0.469 e. The summed E-state index contributed by atoms with van der Waals surface area (Å²) in [6, 6.07) is 0. The lowest BCUT2D eigenvalue weighted by Gasteiger charge is -2.42. The minimum Gasteiger partial charge on any atom is -0.469 e. The first-order valence-corrected chi connectivity index (χ1v) is 26.0. The van der Waals surface area contributed by atoms with Gasteiger partial charge in [0.1, 0.15) is 86.5 Å². The van der Waals surface area contributed by atoms with Crippen LogP contribution >= 0.6 is 0 Å². The van der Waals surface area contributed by atoms with Gasteiger partial charge in [-0.25, -0.2) is 14.4 Å². The number of ether oxygens (including phenoxy) is 15. The summed E-state index contributed by atoms with van der Waals surface area (Å²) >= 11 is 0. The van der Waals surface area contributed by atoms with Crippen LogP contribution in [-0.2, 0) is 99.8 Å². The number of allylic oxidation sites excluding steroid dienone is 2. The van der Waals surface area contributed by atoms with Gasteiger partial charge in [0.05, 0.1) is 96.4 Å². The van der Waals surface area contributed by atoms with Gasteiger partial charge < -0.3 is 127 Å². The Bertz CT molecular complexity index is 2520. The van der Waals surface area contributed by atoms with E-state index in [1.165, 1.54) is 32.1 Å². The second-order valence-corrected chi connectivity index (χ2v) is 19.4. The van der Waals surface area contributed by atoms with Crippen LogP contribution in [0, 0.1) is 17.8 Å². The molecule has 6 aliphatic heterocycles. The van der Waals surface area contributed by atoms with Crippen molar-refractivity contribution in [3.63, 3.8) is 0 Å². The van der Waals surface area contributed by atoms with Crippen LogP contribution in [0.4, 0.5) is 0 Å². The summed E-state index contributed by atoms with van der Waals surface area (Å²) in [6.45, 7) is -0.137. The molecule has 6 rings (SSSR count). The van der Waals surface area contributed by atoms with Crippen molar-refractivity contribution >= 4 is 35.8 Å². The molecule has 32 heteroatoms. The van der Waals surface area contributed by atoms with E-state index in [2.05, 4.69) is 0 Å². The first-order chi connectivity index (χ1) is 40.0. The molecule has 3 fully saturated rings. The minimum atomic E-state index is -2.03. The Morgan fingerprint density at radius 2 is 0.774 bits per heavy atom. The molecule has 0 aromatic rings. The van der Waals surface area contributed by atoms with E-state index in [4.69, 9.17) is 71.1 Å². The van der Waals surface area contributed by atoms with Crippen LogP contribution < -0.4 is 0 Å². The zero-order chi connectivity index (χ0) is 61.9. The molecule has 6 aliphatic rings. The highest BCUT2D eigenvalue weighted by atomic mass is 16.8. The van der Waals surface area contributed by atoms with Crippen LogP contribution in [0.5, 0.6) is 0 Å². The minimum absolute atomic E-state index is 0.0202. The maximum Gasteiger partial charge on any atom is 0.337 e. The van der Waals surface area contributed by atoms with Crippen molar-refractivity contribution < 1.29 is 156 Å².